The molecule has 132 valence electrons. The van der Waals surface area contributed by atoms with Gasteiger partial charge in [0.2, 0.25) is 0 Å². The van der Waals surface area contributed by atoms with Crippen molar-refractivity contribution in [2.24, 2.45) is 0 Å². The number of thioether (sulfide) groups is 1. The van der Waals surface area contributed by atoms with Crippen LogP contribution < -0.4 is 5.32 Å². The highest BCUT2D eigenvalue weighted by Gasteiger charge is 2.19. The predicted octanol–water partition coefficient (Wildman–Crippen LogP) is 3.86. The number of carbonyl (C=O) groups is 2. The Bertz CT molecular complexity index is 894. The quantitative estimate of drug-likeness (QED) is 0.526. The van der Waals surface area contributed by atoms with Gasteiger partial charge in [-0.25, -0.2) is 0 Å². The van der Waals surface area contributed by atoms with Gasteiger partial charge in [-0.1, -0.05) is 60.3 Å². The van der Waals surface area contributed by atoms with E-state index in [0.29, 0.717) is 17.1 Å². The van der Waals surface area contributed by atoms with Gasteiger partial charge < -0.3 is 14.5 Å². The Kier molecular flexibility index (Phi) is 5.70. The van der Waals surface area contributed by atoms with Gasteiger partial charge in [0, 0.05) is 11.1 Å². The minimum absolute atomic E-state index is 0.0668. The largest absolute Gasteiger partial charge is 0.468 e. The molecule has 1 heterocycles. The molecule has 0 aliphatic carbocycles. The zero-order valence-electron chi connectivity index (χ0n) is 14.0. The number of esters is 1. The van der Waals surface area contributed by atoms with Crippen molar-refractivity contribution in [1.29, 1.82) is 0 Å². The van der Waals surface area contributed by atoms with Gasteiger partial charge >= 0.3 is 5.97 Å². The van der Waals surface area contributed by atoms with Crippen molar-refractivity contribution in [3.05, 3.63) is 66.2 Å². The number of carbonyl (C=O) groups excluding carboxylic acids is 2. The SMILES string of the molecule is COC(=O)CSc1nc(NC(=O)c2ccccc2)c(-c2ccccc2)o1. The summed E-state index contributed by atoms with van der Waals surface area (Å²) >= 11 is 1.10. The topological polar surface area (TPSA) is 81.4 Å². The maximum Gasteiger partial charge on any atom is 0.316 e. The van der Waals surface area contributed by atoms with E-state index in [1.54, 1.807) is 24.3 Å². The van der Waals surface area contributed by atoms with Crippen LogP contribution in [-0.4, -0.2) is 29.7 Å². The highest BCUT2D eigenvalue weighted by atomic mass is 32.2. The molecule has 0 aliphatic rings. The third-order valence-corrected chi connectivity index (χ3v) is 4.25. The van der Waals surface area contributed by atoms with Crippen molar-refractivity contribution >= 4 is 29.5 Å². The average Bonchev–Trinajstić information content (AvgIpc) is 3.10. The Morgan fingerprint density at radius 2 is 1.73 bits per heavy atom. The molecule has 1 aromatic heterocycles. The van der Waals surface area contributed by atoms with Crippen molar-refractivity contribution < 1.29 is 18.7 Å². The first-order valence-electron chi connectivity index (χ1n) is 7.79. The summed E-state index contributed by atoms with van der Waals surface area (Å²) < 4.78 is 10.4. The highest BCUT2D eigenvalue weighted by molar-refractivity contribution is 7.99. The highest BCUT2D eigenvalue weighted by Crippen LogP contribution is 2.33. The fourth-order valence-corrected chi connectivity index (χ4v) is 2.84. The second kappa shape index (κ2) is 8.35. The van der Waals surface area contributed by atoms with Crippen LogP contribution in [-0.2, 0) is 9.53 Å². The van der Waals surface area contributed by atoms with Crippen molar-refractivity contribution in [2.45, 2.75) is 5.22 Å². The van der Waals surface area contributed by atoms with Gasteiger partial charge in [-0.15, -0.1) is 0 Å². The molecule has 3 rings (SSSR count). The molecule has 0 atom stereocenters. The molecule has 6 nitrogen and oxygen atoms in total. The molecular weight excluding hydrogens is 352 g/mol. The summed E-state index contributed by atoms with van der Waals surface area (Å²) in [5, 5.41) is 3.05. The van der Waals surface area contributed by atoms with E-state index < -0.39 is 0 Å². The minimum atomic E-state index is -0.385. The second-order valence-corrected chi connectivity index (χ2v) is 6.14. The number of hydrogen-bond acceptors (Lipinski definition) is 6. The second-order valence-electron chi connectivity index (χ2n) is 5.21. The van der Waals surface area contributed by atoms with Gasteiger partial charge in [0.1, 0.15) is 5.75 Å². The Morgan fingerprint density at radius 1 is 1.08 bits per heavy atom. The number of rotatable bonds is 6. The summed E-state index contributed by atoms with van der Waals surface area (Å²) in [6, 6.07) is 18.2. The van der Waals surface area contributed by atoms with E-state index >= 15 is 0 Å². The van der Waals surface area contributed by atoms with E-state index in [1.807, 2.05) is 36.4 Å². The maximum atomic E-state index is 12.4. The standard InChI is InChI=1S/C19H16N2O4S/c1-24-15(22)12-26-19-21-17(16(25-19)13-8-4-2-5-9-13)20-18(23)14-10-6-3-7-11-14/h2-11H,12H2,1H3,(H,20,23). The fourth-order valence-electron chi connectivity index (χ4n) is 2.18. The molecule has 3 aromatic rings. The molecular formula is C19H16N2O4S. The Balaban J connectivity index is 1.88. The van der Waals surface area contributed by atoms with Crippen molar-refractivity contribution in [2.75, 3.05) is 18.2 Å². The average molecular weight is 368 g/mol. The van der Waals surface area contributed by atoms with E-state index in [1.165, 1.54) is 7.11 Å². The van der Waals surface area contributed by atoms with Crippen LogP contribution in [0.4, 0.5) is 5.82 Å². The molecule has 1 N–H and O–H groups in total. The van der Waals surface area contributed by atoms with Crippen molar-refractivity contribution in [3.63, 3.8) is 0 Å². The van der Waals surface area contributed by atoms with Crippen LogP contribution >= 0.6 is 11.8 Å². The molecule has 1 amide bonds. The summed E-state index contributed by atoms with van der Waals surface area (Å²) in [5.41, 5.74) is 1.28. The van der Waals surface area contributed by atoms with Crippen LogP contribution in [0.5, 0.6) is 0 Å². The molecule has 0 aliphatic heterocycles. The first-order valence-corrected chi connectivity index (χ1v) is 8.78. The van der Waals surface area contributed by atoms with Crippen LogP contribution in [0, 0.1) is 0 Å². The molecule has 0 fully saturated rings. The molecule has 0 radical (unpaired) electrons. The number of anilines is 1. The van der Waals surface area contributed by atoms with E-state index in [2.05, 4.69) is 15.0 Å². The summed E-state index contributed by atoms with van der Waals surface area (Å²) in [4.78, 5) is 28.1. The molecule has 0 spiro atoms. The van der Waals surface area contributed by atoms with Crippen LogP contribution in [0.25, 0.3) is 11.3 Å². The molecule has 2 aromatic carbocycles. The first kappa shape index (κ1) is 17.8. The summed E-state index contributed by atoms with van der Waals surface area (Å²) in [6.07, 6.45) is 0. The van der Waals surface area contributed by atoms with Crippen LogP contribution in [0.1, 0.15) is 10.4 Å². The van der Waals surface area contributed by atoms with Gasteiger partial charge in [-0.3, -0.25) is 9.59 Å². The monoisotopic (exact) mass is 368 g/mol. The number of ether oxygens (including phenoxy) is 1. The van der Waals surface area contributed by atoms with Gasteiger partial charge in [0.05, 0.1) is 7.11 Å². The minimum Gasteiger partial charge on any atom is -0.468 e. The van der Waals surface area contributed by atoms with Gasteiger partial charge in [-0.2, -0.15) is 4.98 Å². The zero-order chi connectivity index (χ0) is 18.4. The lowest BCUT2D eigenvalue weighted by atomic mass is 10.1. The lowest BCUT2D eigenvalue weighted by molar-refractivity contribution is -0.137. The molecule has 7 heteroatoms. The Hall–Kier alpha value is -3.06. The van der Waals surface area contributed by atoms with Crippen LogP contribution in [0.2, 0.25) is 0 Å². The molecule has 0 unspecified atom stereocenters. The fraction of sp³-hybridized carbons (Fsp3) is 0.105. The lowest BCUT2D eigenvalue weighted by Gasteiger charge is -2.04. The number of amides is 1. The number of aromatic nitrogens is 1. The molecule has 0 saturated heterocycles. The summed E-state index contributed by atoms with van der Waals surface area (Å²) in [5.74, 6) is 0.127. The zero-order valence-corrected chi connectivity index (χ0v) is 14.8. The number of benzene rings is 2. The van der Waals surface area contributed by atoms with Crippen LogP contribution in [0.15, 0.2) is 70.3 Å². The van der Waals surface area contributed by atoms with Crippen molar-refractivity contribution in [1.82, 2.24) is 4.98 Å². The number of methoxy groups -OCH3 is 1. The number of oxazole rings is 1. The predicted molar refractivity (Wildman–Crippen MR) is 99.1 cm³/mol. The van der Waals surface area contributed by atoms with E-state index in [9.17, 15) is 9.59 Å². The first-order chi connectivity index (χ1) is 12.7. The summed E-state index contributed by atoms with van der Waals surface area (Å²) in [7, 11) is 1.32. The Labute approximate surface area is 154 Å². The van der Waals surface area contributed by atoms with Gasteiger partial charge in [0.25, 0.3) is 11.1 Å². The normalized spacial score (nSPS) is 10.3. The third-order valence-electron chi connectivity index (χ3n) is 3.45. The third kappa shape index (κ3) is 4.31. The van der Waals surface area contributed by atoms with E-state index in [0.717, 1.165) is 17.3 Å². The van der Waals surface area contributed by atoms with E-state index in [4.69, 9.17) is 4.42 Å². The van der Waals surface area contributed by atoms with E-state index in [-0.39, 0.29) is 22.9 Å². The van der Waals surface area contributed by atoms with Crippen molar-refractivity contribution in [3.8, 4) is 11.3 Å². The number of hydrogen-bond donors (Lipinski definition) is 1. The summed E-state index contributed by atoms with van der Waals surface area (Å²) in [6.45, 7) is 0. The van der Waals surface area contributed by atoms with Gasteiger partial charge in [0.15, 0.2) is 11.6 Å². The number of nitrogens with one attached hydrogen (secondary N) is 1. The molecule has 0 bridgehead atoms. The van der Waals surface area contributed by atoms with Crippen LogP contribution in [0.3, 0.4) is 0 Å². The smallest absolute Gasteiger partial charge is 0.316 e. The lowest BCUT2D eigenvalue weighted by Crippen LogP contribution is -2.12. The maximum absolute atomic E-state index is 12.4. The van der Waals surface area contributed by atoms with Gasteiger partial charge in [-0.05, 0) is 12.1 Å². The molecule has 0 saturated carbocycles. The molecule has 26 heavy (non-hydrogen) atoms. The number of nitrogens with zero attached hydrogens (tertiary/aromatic N) is 1. The Morgan fingerprint density at radius 3 is 2.38 bits per heavy atom.